The number of hydrogen-bond donors (Lipinski definition) is 2. The number of benzene rings is 1. The Morgan fingerprint density at radius 1 is 1.25 bits per heavy atom. The molecule has 0 saturated heterocycles. The van der Waals surface area contributed by atoms with Crippen LogP contribution in [0.25, 0.3) is 0 Å². The number of nitrogen functional groups attached to an aromatic ring is 1. The molecule has 20 heavy (non-hydrogen) atoms. The summed E-state index contributed by atoms with van der Waals surface area (Å²) in [6.45, 7) is 0.980. The molecule has 5 heteroatoms. The summed E-state index contributed by atoms with van der Waals surface area (Å²) in [6.07, 6.45) is 3.55. The van der Waals surface area contributed by atoms with Gasteiger partial charge in [0.15, 0.2) is 0 Å². The number of carboxylic acids is 1. The molecular formula is C15H17N3O2. The highest BCUT2D eigenvalue weighted by Crippen LogP contribution is 2.24. The van der Waals surface area contributed by atoms with Crippen molar-refractivity contribution in [3.63, 3.8) is 0 Å². The van der Waals surface area contributed by atoms with Crippen LogP contribution in [0, 0.1) is 0 Å². The first kappa shape index (κ1) is 13.9. The zero-order valence-corrected chi connectivity index (χ0v) is 11.1. The molecule has 5 nitrogen and oxygen atoms in total. The van der Waals surface area contributed by atoms with Crippen LogP contribution in [0.5, 0.6) is 0 Å². The van der Waals surface area contributed by atoms with E-state index in [0.717, 1.165) is 11.3 Å². The lowest BCUT2D eigenvalue weighted by molar-refractivity contribution is -0.136. The normalized spacial score (nSPS) is 10.2. The maximum Gasteiger partial charge on any atom is 0.305 e. The Labute approximate surface area is 117 Å². The van der Waals surface area contributed by atoms with Gasteiger partial charge in [-0.2, -0.15) is 0 Å². The van der Waals surface area contributed by atoms with Gasteiger partial charge in [-0.25, -0.2) is 0 Å². The number of carbonyl (C=O) groups is 1. The van der Waals surface area contributed by atoms with Gasteiger partial charge in [-0.15, -0.1) is 0 Å². The predicted molar refractivity (Wildman–Crippen MR) is 78.4 cm³/mol. The van der Waals surface area contributed by atoms with Crippen molar-refractivity contribution < 1.29 is 9.90 Å². The van der Waals surface area contributed by atoms with Crippen LogP contribution in [0.15, 0.2) is 48.8 Å². The summed E-state index contributed by atoms with van der Waals surface area (Å²) in [6, 6.07) is 11.3. The van der Waals surface area contributed by atoms with E-state index in [1.165, 1.54) is 0 Å². The first-order valence-corrected chi connectivity index (χ1v) is 6.37. The summed E-state index contributed by atoms with van der Waals surface area (Å²) < 4.78 is 0. The molecule has 0 aliphatic rings. The summed E-state index contributed by atoms with van der Waals surface area (Å²) in [5.74, 6) is -0.823. The summed E-state index contributed by atoms with van der Waals surface area (Å²) in [4.78, 5) is 16.8. The number of anilines is 2. The number of rotatable bonds is 6. The Hall–Kier alpha value is -2.56. The van der Waals surface area contributed by atoms with Gasteiger partial charge in [-0.3, -0.25) is 9.78 Å². The molecule has 0 unspecified atom stereocenters. The van der Waals surface area contributed by atoms with Crippen LogP contribution < -0.4 is 10.6 Å². The quantitative estimate of drug-likeness (QED) is 0.787. The minimum absolute atomic E-state index is 0.0641. The second kappa shape index (κ2) is 6.56. The van der Waals surface area contributed by atoms with Crippen molar-refractivity contribution in [1.82, 2.24) is 4.98 Å². The molecule has 3 N–H and O–H groups in total. The third-order valence-corrected chi connectivity index (χ3v) is 2.97. The van der Waals surface area contributed by atoms with E-state index in [1.54, 1.807) is 12.4 Å². The van der Waals surface area contributed by atoms with E-state index in [0.29, 0.717) is 18.8 Å². The maximum atomic E-state index is 10.8. The highest BCUT2D eigenvalue weighted by Gasteiger charge is 2.12. The number of pyridine rings is 1. The second-order valence-corrected chi connectivity index (χ2v) is 4.49. The number of para-hydroxylation sites is 2. The first-order valence-electron chi connectivity index (χ1n) is 6.37. The Morgan fingerprint density at radius 2 is 2.05 bits per heavy atom. The second-order valence-electron chi connectivity index (χ2n) is 4.49. The molecular weight excluding hydrogens is 254 g/mol. The molecule has 0 fully saturated rings. The molecule has 0 radical (unpaired) electrons. The van der Waals surface area contributed by atoms with Gasteiger partial charge < -0.3 is 15.7 Å². The predicted octanol–water partition coefficient (Wildman–Crippen LogP) is 2.15. The molecule has 0 bridgehead atoms. The van der Waals surface area contributed by atoms with Crippen LogP contribution in [0.2, 0.25) is 0 Å². The van der Waals surface area contributed by atoms with E-state index in [4.69, 9.17) is 10.8 Å². The van der Waals surface area contributed by atoms with Crippen molar-refractivity contribution in [3.05, 3.63) is 54.4 Å². The van der Waals surface area contributed by atoms with Gasteiger partial charge >= 0.3 is 5.97 Å². The van der Waals surface area contributed by atoms with E-state index in [2.05, 4.69) is 4.98 Å². The van der Waals surface area contributed by atoms with Crippen molar-refractivity contribution in [1.29, 1.82) is 0 Å². The monoisotopic (exact) mass is 271 g/mol. The highest BCUT2D eigenvalue weighted by molar-refractivity contribution is 5.70. The van der Waals surface area contributed by atoms with Gasteiger partial charge in [0.2, 0.25) is 0 Å². The number of aromatic nitrogens is 1. The lowest BCUT2D eigenvalue weighted by Crippen LogP contribution is -2.26. The zero-order valence-electron chi connectivity index (χ0n) is 11.1. The fourth-order valence-corrected chi connectivity index (χ4v) is 2.00. The number of aliphatic carboxylic acids is 1. The van der Waals surface area contributed by atoms with Gasteiger partial charge in [0.1, 0.15) is 0 Å². The van der Waals surface area contributed by atoms with E-state index in [1.807, 2.05) is 41.3 Å². The fraction of sp³-hybridized carbons (Fsp3) is 0.200. The van der Waals surface area contributed by atoms with Crippen molar-refractivity contribution in [2.75, 3.05) is 17.2 Å². The molecule has 0 aliphatic heterocycles. The van der Waals surface area contributed by atoms with Gasteiger partial charge in [-0.05, 0) is 23.8 Å². The summed E-state index contributed by atoms with van der Waals surface area (Å²) in [7, 11) is 0. The molecule has 2 rings (SSSR count). The lowest BCUT2D eigenvalue weighted by Gasteiger charge is -2.25. The summed E-state index contributed by atoms with van der Waals surface area (Å²) in [5, 5.41) is 8.87. The minimum atomic E-state index is -0.823. The Balaban J connectivity index is 2.20. The fourth-order valence-electron chi connectivity index (χ4n) is 2.00. The summed E-state index contributed by atoms with van der Waals surface area (Å²) >= 11 is 0. The Morgan fingerprint density at radius 3 is 2.70 bits per heavy atom. The largest absolute Gasteiger partial charge is 0.481 e. The molecule has 1 aromatic heterocycles. The molecule has 0 saturated carbocycles. The number of nitrogens with two attached hydrogens (primary N) is 1. The topological polar surface area (TPSA) is 79.5 Å². The van der Waals surface area contributed by atoms with E-state index >= 15 is 0 Å². The molecule has 0 spiro atoms. The van der Waals surface area contributed by atoms with E-state index in [-0.39, 0.29) is 6.42 Å². The Bertz CT molecular complexity index is 572. The Kier molecular flexibility index (Phi) is 4.55. The van der Waals surface area contributed by atoms with Crippen molar-refractivity contribution >= 4 is 17.3 Å². The molecule has 0 atom stereocenters. The van der Waals surface area contributed by atoms with Crippen LogP contribution >= 0.6 is 0 Å². The lowest BCUT2D eigenvalue weighted by atomic mass is 10.2. The first-order chi connectivity index (χ1) is 9.66. The van der Waals surface area contributed by atoms with Crippen molar-refractivity contribution in [2.45, 2.75) is 13.0 Å². The molecule has 1 aromatic carbocycles. The SMILES string of the molecule is Nc1ccccc1N(CCC(=O)O)Cc1cccnc1. The third kappa shape index (κ3) is 3.71. The average molecular weight is 271 g/mol. The molecule has 0 aliphatic carbocycles. The number of hydrogen-bond acceptors (Lipinski definition) is 4. The standard InChI is InChI=1S/C15H17N3O2/c16-13-5-1-2-6-14(13)18(9-7-15(19)20)11-12-4-3-8-17-10-12/h1-6,8,10H,7,9,11,16H2,(H,19,20). The molecule has 1 heterocycles. The van der Waals surface area contributed by atoms with Gasteiger partial charge in [0, 0.05) is 25.5 Å². The highest BCUT2D eigenvalue weighted by atomic mass is 16.4. The van der Waals surface area contributed by atoms with Crippen LogP contribution in [-0.2, 0) is 11.3 Å². The smallest absolute Gasteiger partial charge is 0.305 e. The average Bonchev–Trinajstić information content (AvgIpc) is 2.45. The maximum absolute atomic E-state index is 10.8. The molecule has 0 amide bonds. The van der Waals surface area contributed by atoms with E-state index < -0.39 is 5.97 Å². The van der Waals surface area contributed by atoms with Crippen LogP contribution in [0.4, 0.5) is 11.4 Å². The van der Waals surface area contributed by atoms with Gasteiger partial charge in [0.25, 0.3) is 0 Å². The number of carboxylic acid groups (broad SMARTS) is 1. The summed E-state index contributed by atoms with van der Waals surface area (Å²) in [5.41, 5.74) is 8.48. The molecule has 2 aromatic rings. The van der Waals surface area contributed by atoms with Gasteiger partial charge in [-0.1, -0.05) is 18.2 Å². The van der Waals surface area contributed by atoms with Crippen molar-refractivity contribution in [3.8, 4) is 0 Å². The third-order valence-electron chi connectivity index (χ3n) is 2.97. The van der Waals surface area contributed by atoms with Crippen LogP contribution in [0.1, 0.15) is 12.0 Å². The van der Waals surface area contributed by atoms with E-state index in [9.17, 15) is 4.79 Å². The zero-order chi connectivity index (χ0) is 14.4. The van der Waals surface area contributed by atoms with Crippen LogP contribution in [0.3, 0.4) is 0 Å². The van der Waals surface area contributed by atoms with Crippen molar-refractivity contribution in [2.24, 2.45) is 0 Å². The van der Waals surface area contributed by atoms with Crippen LogP contribution in [-0.4, -0.2) is 22.6 Å². The van der Waals surface area contributed by atoms with Gasteiger partial charge in [0.05, 0.1) is 17.8 Å². The molecule has 104 valence electrons. The number of nitrogens with zero attached hydrogens (tertiary/aromatic N) is 2. The minimum Gasteiger partial charge on any atom is -0.481 e.